The van der Waals surface area contributed by atoms with Gasteiger partial charge in [0.2, 0.25) is 0 Å². The molecule has 1 saturated carbocycles. The van der Waals surface area contributed by atoms with E-state index in [0.717, 1.165) is 11.6 Å². The van der Waals surface area contributed by atoms with Crippen molar-refractivity contribution >= 4 is 11.6 Å². The number of rotatable bonds is 4. The van der Waals surface area contributed by atoms with Crippen LogP contribution in [0.5, 0.6) is 0 Å². The molecule has 1 fully saturated rings. The molecule has 0 saturated heterocycles. The summed E-state index contributed by atoms with van der Waals surface area (Å²) in [5, 5.41) is 4.47. The predicted molar refractivity (Wildman–Crippen MR) is 79.4 cm³/mol. The molecular weight excluding hydrogens is 242 g/mol. The molecule has 0 amide bonds. The Labute approximate surface area is 116 Å². The second-order valence-electron chi connectivity index (χ2n) is 5.88. The standard InChI is InChI=1S/C16H24ClN/c1-13(2)18-12-16(10-4-3-5-11-16)14-6-8-15(17)9-7-14/h6-9,13,18H,3-5,10-12H2,1-2H3. The average Bonchev–Trinajstić information content (AvgIpc) is 2.38. The van der Waals surface area contributed by atoms with Crippen LogP contribution in [0.4, 0.5) is 0 Å². The van der Waals surface area contributed by atoms with E-state index in [9.17, 15) is 0 Å². The molecule has 0 spiro atoms. The maximum Gasteiger partial charge on any atom is 0.0406 e. The van der Waals surface area contributed by atoms with Crippen molar-refractivity contribution in [1.29, 1.82) is 0 Å². The highest BCUT2D eigenvalue weighted by atomic mass is 35.5. The van der Waals surface area contributed by atoms with E-state index in [4.69, 9.17) is 11.6 Å². The van der Waals surface area contributed by atoms with Gasteiger partial charge in [-0.25, -0.2) is 0 Å². The Bertz CT molecular complexity index is 363. The smallest absolute Gasteiger partial charge is 0.0406 e. The van der Waals surface area contributed by atoms with Crippen LogP contribution in [0.25, 0.3) is 0 Å². The summed E-state index contributed by atoms with van der Waals surface area (Å²) in [4.78, 5) is 0. The Morgan fingerprint density at radius 2 is 1.72 bits per heavy atom. The maximum atomic E-state index is 6.01. The first-order valence-corrected chi connectivity index (χ1v) is 7.50. The zero-order valence-corrected chi connectivity index (χ0v) is 12.3. The van der Waals surface area contributed by atoms with Crippen LogP contribution in [0.1, 0.15) is 51.5 Å². The molecule has 0 bridgehead atoms. The molecule has 2 rings (SSSR count). The summed E-state index contributed by atoms with van der Waals surface area (Å²) < 4.78 is 0. The van der Waals surface area contributed by atoms with Crippen molar-refractivity contribution in [3.63, 3.8) is 0 Å². The SMILES string of the molecule is CC(C)NCC1(c2ccc(Cl)cc2)CCCCC1. The molecule has 0 unspecified atom stereocenters. The molecule has 1 N–H and O–H groups in total. The van der Waals surface area contributed by atoms with Crippen LogP contribution in [0.3, 0.4) is 0 Å². The van der Waals surface area contributed by atoms with Crippen LogP contribution in [0.15, 0.2) is 24.3 Å². The lowest BCUT2D eigenvalue weighted by atomic mass is 9.69. The lowest BCUT2D eigenvalue weighted by Gasteiger charge is -2.39. The number of hydrogen-bond acceptors (Lipinski definition) is 1. The molecule has 0 atom stereocenters. The minimum Gasteiger partial charge on any atom is -0.314 e. The fourth-order valence-electron chi connectivity index (χ4n) is 3.00. The van der Waals surface area contributed by atoms with Gasteiger partial charge in [-0.3, -0.25) is 0 Å². The third kappa shape index (κ3) is 3.27. The fourth-order valence-corrected chi connectivity index (χ4v) is 3.12. The zero-order chi connectivity index (χ0) is 13.0. The summed E-state index contributed by atoms with van der Waals surface area (Å²) in [5.41, 5.74) is 1.78. The molecule has 1 aromatic carbocycles. The second-order valence-corrected chi connectivity index (χ2v) is 6.32. The first-order valence-electron chi connectivity index (χ1n) is 7.12. The summed E-state index contributed by atoms with van der Waals surface area (Å²) in [6, 6.07) is 9.05. The van der Waals surface area contributed by atoms with Crippen molar-refractivity contribution in [2.45, 2.75) is 57.4 Å². The second kappa shape index (κ2) is 6.08. The minimum absolute atomic E-state index is 0.326. The topological polar surface area (TPSA) is 12.0 Å². The Balaban J connectivity index is 2.20. The monoisotopic (exact) mass is 265 g/mol. The Morgan fingerprint density at radius 1 is 1.11 bits per heavy atom. The summed E-state index contributed by atoms with van der Waals surface area (Å²) >= 11 is 6.01. The van der Waals surface area contributed by atoms with E-state index in [1.54, 1.807) is 0 Å². The van der Waals surface area contributed by atoms with E-state index in [-0.39, 0.29) is 0 Å². The van der Waals surface area contributed by atoms with Crippen LogP contribution in [0.2, 0.25) is 5.02 Å². The van der Waals surface area contributed by atoms with Gasteiger partial charge in [0.25, 0.3) is 0 Å². The van der Waals surface area contributed by atoms with E-state index in [1.165, 1.54) is 37.7 Å². The third-order valence-electron chi connectivity index (χ3n) is 4.12. The Morgan fingerprint density at radius 3 is 2.28 bits per heavy atom. The van der Waals surface area contributed by atoms with Crippen molar-refractivity contribution < 1.29 is 0 Å². The van der Waals surface area contributed by atoms with Crippen LogP contribution in [-0.2, 0) is 5.41 Å². The first-order chi connectivity index (χ1) is 8.62. The van der Waals surface area contributed by atoms with Crippen LogP contribution in [-0.4, -0.2) is 12.6 Å². The zero-order valence-electron chi connectivity index (χ0n) is 11.5. The van der Waals surface area contributed by atoms with Crippen molar-refractivity contribution in [3.8, 4) is 0 Å². The molecule has 2 heteroatoms. The molecule has 1 aliphatic carbocycles. The highest BCUT2D eigenvalue weighted by molar-refractivity contribution is 6.30. The van der Waals surface area contributed by atoms with Crippen LogP contribution >= 0.6 is 11.6 Å². The summed E-state index contributed by atoms with van der Waals surface area (Å²) in [6.45, 7) is 5.53. The Hall–Kier alpha value is -0.530. The average molecular weight is 266 g/mol. The minimum atomic E-state index is 0.326. The van der Waals surface area contributed by atoms with E-state index in [1.807, 2.05) is 12.1 Å². The molecule has 1 nitrogen and oxygen atoms in total. The molecule has 100 valence electrons. The first kappa shape index (κ1) is 13.9. The highest BCUT2D eigenvalue weighted by Gasteiger charge is 2.33. The lowest BCUT2D eigenvalue weighted by Crippen LogP contribution is -2.42. The van der Waals surface area contributed by atoms with Crippen molar-refractivity contribution in [2.75, 3.05) is 6.54 Å². The summed E-state index contributed by atoms with van der Waals surface area (Å²) in [6.07, 6.45) is 6.69. The van der Waals surface area contributed by atoms with Gasteiger partial charge in [0.05, 0.1) is 0 Å². The Kier molecular flexibility index (Phi) is 4.69. The molecule has 1 aromatic rings. The molecule has 0 aliphatic heterocycles. The number of benzene rings is 1. The maximum absolute atomic E-state index is 6.01. The van der Waals surface area contributed by atoms with E-state index >= 15 is 0 Å². The van der Waals surface area contributed by atoms with Gasteiger partial charge < -0.3 is 5.32 Å². The van der Waals surface area contributed by atoms with E-state index in [0.29, 0.717) is 11.5 Å². The number of hydrogen-bond donors (Lipinski definition) is 1. The van der Waals surface area contributed by atoms with Gasteiger partial charge in [0.1, 0.15) is 0 Å². The molecule has 0 radical (unpaired) electrons. The van der Waals surface area contributed by atoms with Gasteiger partial charge in [-0.1, -0.05) is 56.8 Å². The molecular formula is C16H24ClN. The van der Waals surface area contributed by atoms with Crippen molar-refractivity contribution in [2.24, 2.45) is 0 Å². The van der Waals surface area contributed by atoms with Gasteiger partial charge in [0, 0.05) is 23.0 Å². The predicted octanol–water partition coefficient (Wildman–Crippen LogP) is 4.54. The van der Waals surface area contributed by atoms with Gasteiger partial charge in [-0.05, 0) is 30.5 Å². The highest BCUT2D eigenvalue weighted by Crippen LogP contribution is 2.39. The molecule has 0 aromatic heterocycles. The number of nitrogens with one attached hydrogen (secondary N) is 1. The summed E-state index contributed by atoms with van der Waals surface area (Å²) in [7, 11) is 0. The number of halogens is 1. The molecule has 18 heavy (non-hydrogen) atoms. The van der Waals surface area contributed by atoms with Crippen molar-refractivity contribution in [1.82, 2.24) is 5.32 Å². The van der Waals surface area contributed by atoms with Crippen LogP contribution in [0, 0.1) is 0 Å². The van der Waals surface area contributed by atoms with E-state index < -0.39 is 0 Å². The van der Waals surface area contributed by atoms with Gasteiger partial charge >= 0.3 is 0 Å². The van der Waals surface area contributed by atoms with Gasteiger partial charge in [-0.2, -0.15) is 0 Å². The van der Waals surface area contributed by atoms with E-state index in [2.05, 4.69) is 31.3 Å². The van der Waals surface area contributed by atoms with Crippen LogP contribution < -0.4 is 5.32 Å². The quantitative estimate of drug-likeness (QED) is 0.843. The van der Waals surface area contributed by atoms with Crippen molar-refractivity contribution in [3.05, 3.63) is 34.9 Å². The lowest BCUT2D eigenvalue weighted by molar-refractivity contribution is 0.273. The largest absolute Gasteiger partial charge is 0.314 e. The summed E-state index contributed by atoms with van der Waals surface area (Å²) in [5.74, 6) is 0. The normalized spacial score (nSPS) is 19.1. The third-order valence-corrected chi connectivity index (χ3v) is 4.37. The van der Waals surface area contributed by atoms with Gasteiger partial charge in [0.15, 0.2) is 0 Å². The van der Waals surface area contributed by atoms with Gasteiger partial charge in [-0.15, -0.1) is 0 Å². The molecule has 0 heterocycles. The molecule has 1 aliphatic rings. The fraction of sp³-hybridized carbons (Fsp3) is 0.625.